The highest BCUT2D eigenvalue weighted by molar-refractivity contribution is 8.00. The Morgan fingerprint density at radius 1 is 1.35 bits per heavy atom. The van der Waals surface area contributed by atoms with Gasteiger partial charge in [0.15, 0.2) is 0 Å². The predicted octanol–water partition coefficient (Wildman–Crippen LogP) is 2.05. The summed E-state index contributed by atoms with van der Waals surface area (Å²) in [6.45, 7) is 4.27. The van der Waals surface area contributed by atoms with Gasteiger partial charge in [-0.25, -0.2) is 0 Å². The quantitative estimate of drug-likeness (QED) is 0.808. The molecule has 96 valence electrons. The summed E-state index contributed by atoms with van der Waals surface area (Å²) in [4.78, 5) is 12.7. The zero-order valence-corrected chi connectivity index (χ0v) is 11.7. The van der Waals surface area contributed by atoms with Crippen LogP contribution in [0.1, 0.15) is 13.8 Å². The maximum Gasteiger partial charge on any atom is 0.230 e. The first-order chi connectivity index (χ1) is 7.53. The number of nitrogens with two attached hydrogens (primary N) is 1. The van der Waals surface area contributed by atoms with E-state index in [1.165, 1.54) is 11.8 Å². The smallest absolute Gasteiger partial charge is 0.230 e. The number of nitrogens with one attached hydrogen (secondary N) is 1. The lowest BCUT2D eigenvalue weighted by atomic mass is 10.1. The van der Waals surface area contributed by atoms with Crippen LogP contribution in [-0.2, 0) is 4.79 Å². The number of rotatable bonds is 5. The van der Waals surface area contributed by atoms with Gasteiger partial charge in [0.1, 0.15) is 0 Å². The van der Waals surface area contributed by atoms with Gasteiger partial charge in [0.05, 0.1) is 5.75 Å². The number of hydrogen-bond acceptors (Lipinski definition) is 3. The van der Waals surface area contributed by atoms with Crippen LogP contribution in [0.4, 0.5) is 0 Å². The lowest BCUT2D eigenvalue weighted by Crippen LogP contribution is -2.49. The lowest BCUT2D eigenvalue weighted by molar-refractivity contribution is -0.120. The number of benzene rings is 1. The van der Waals surface area contributed by atoms with Crippen LogP contribution >= 0.6 is 24.2 Å². The summed E-state index contributed by atoms with van der Waals surface area (Å²) >= 11 is 1.53. The summed E-state index contributed by atoms with van der Waals surface area (Å²) in [5.41, 5.74) is 5.22. The molecule has 0 aliphatic rings. The van der Waals surface area contributed by atoms with Crippen LogP contribution in [0.2, 0.25) is 0 Å². The summed E-state index contributed by atoms with van der Waals surface area (Å²) in [5, 5.41) is 2.89. The van der Waals surface area contributed by atoms with Crippen LogP contribution in [0.3, 0.4) is 0 Å². The Labute approximate surface area is 113 Å². The number of carbonyl (C=O) groups excluding carboxylic acids is 1. The summed E-state index contributed by atoms with van der Waals surface area (Å²) in [7, 11) is 0. The molecule has 0 unspecified atom stereocenters. The van der Waals surface area contributed by atoms with Gasteiger partial charge >= 0.3 is 0 Å². The van der Waals surface area contributed by atoms with E-state index in [-0.39, 0.29) is 23.9 Å². The second-order valence-corrected chi connectivity index (χ2v) is 5.29. The first-order valence-corrected chi connectivity index (χ1v) is 6.21. The monoisotopic (exact) mass is 274 g/mol. The minimum atomic E-state index is -0.325. The van der Waals surface area contributed by atoms with Crippen molar-refractivity contribution < 1.29 is 4.79 Å². The molecule has 0 fully saturated rings. The molecule has 0 saturated heterocycles. The zero-order chi connectivity index (χ0) is 12.0. The highest BCUT2D eigenvalue weighted by Gasteiger charge is 2.17. The molecule has 0 aromatic heterocycles. The van der Waals surface area contributed by atoms with E-state index in [4.69, 9.17) is 5.73 Å². The predicted molar refractivity (Wildman–Crippen MR) is 75.7 cm³/mol. The van der Waals surface area contributed by atoms with Crippen molar-refractivity contribution in [2.45, 2.75) is 24.3 Å². The van der Waals surface area contributed by atoms with Crippen molar-refractivity contribution in [3.63, 3.8) is 0 Å². The number of hydrogen-bond donors (Lipinski definition) is 2. The van der Waals surface area contributed by atoms with Gasteiger partial charge in [-0.2, -0.15) is 0 Å². The molecule has 1 aromatic carbocycles. The van der Waals surface area contributed by atoms with E-state index in [9.17, 15) is 4.79 Å². The summed E-state index contributed by atoms with van der Waals surface area (Å²) in [6.07, 6.45) is 0. The third-order valence-corrected chi connectivity index (χ3v) is 3.11. The average molecular weight is 275 g/mol. The molecule has 1 aromatic rings. The van der Waals surface area contributed by atoms with Crippen molar-refractivity contribution in [3.05, 3.63) is 30.3 Å². The Balaban J connectivity index is 0.00000256. The van der Waals surface area contributed by atoms with Crippen LogP contribution in [0.5, 0.6) is 0 Å². The Morgan fingerprint density at radius 2 is 1.94 bits per heavy atom. The Morgan fingerprint density at radius 3 is 2.47 bits per heavy atom. The van der Waals surface area contributed by atoms with Crippen molar-refractivity contribution >= 4 is 30.1 Å². The minimum absolute atomic E-state index is 0. The van der Waals surface area contributed by atoms with Crippen molar-refractivity contribution in [2.24, 2.45) is 5.73 Å². The molecule has 17 heavy (non-hydrogen) atoms. The fraction of sp³-hybridized carbons (Fsp3) is 0.417. The van der Waals surface area contributed by atoms with Gasteiger partial charge in [0.25, 0.3) is 0 Å². The highest BCUT2D eigenvalue weighted by atomic mass is 35.5. The van der Waals surface area contributed by atoms with E-state index in [0.29, 0.717) is 12.3 Å². The van der Waals surface area contributed by atoms with E-state index in [1.807, 2.05) is 44.2 Å². The molecule has 0 spiro atoms. The topological polar surface area (TPSA) is 55.1 Å². The van der Waals surface area contributed by atoms with Gasteiger partial charge < -0.3 is 11.1 Å². The van der Waals surface area contributed by atoms with Gasteiger partial charge in [0.2, 0.25) is 5.91 Å². The molecule has 0 aliphatic carbocycles. The lowest BCUT2D eigenvalue weighted by Gasteiger charge is -2.24. The Kier molecular flexibility index (Phi) is 7.27. The van der Waals surface area contributed by atoms with E-state index in [2.05, 4.69) is 5.32 Å². The third-order valence-electron chi connectivity index (χ3n) is 2.10. The summed E-state index contributed by atoms with van der Waals surface area (Å²) < 4.78 is 0. The standard InChI is InChI=1S/C12H18N2OS.ClH/c1-12(2,9-13)14-11(15)8-16-10-6-4-3-5-7-10;/h3-7H,8-9,13H2,1-2H3,(H,14,15);1H. The Hall–Kier alpha value is -0.710. The van der Waals surface area contributed by atoms with Crippen LogP contribution < -0.4 is 11.1 Å². The largest absolute Gasteiger partial charge is 0.349 e. The van der Waals surface area contributed by atoms with Crippen LogP contribution in [0, 0.1) is 0 Å². The molecule has 5 heteroatoms. The second-order valence-electron chi connectivity index (χ2n) is 4.24. The van der Waals surface area contributed by atoms with E-state index >= 15 is 0 Å². The third kappa shape index (κ3) is 6.56. The molecule has 0 atom stereocenters. The fourth-order valence-electron chi connectivity index (χ4n) is 1.13. The van der Waals surface area contributed by atoms with Gasteiger partial charge in [-0.05, 0) is 26.0 Å². The molecular formula is C12H19ClN2OS. The number of carbonyl (C=O) groups is 1. The minimum Gasteiger partial charge on any atom is -0.349 e. The van der Waals surface area contributed by atoms with Crippen LogP contribution in [0.15, 0.2) is 35.2 Å². The van der Waals surface area contributed by atoms with Crippen LogP contribution in [0.25, 0.3) is 0 Å². The van der Waals surface area contributed by atoms with Gasteiger partial charge in [-0.1, -0.05) is 18.2 Å². The first kappa shape index (κ1) is 16.3. The van der Waals surface area contributed by atoms with Gasteiger partial charge in [0, 0.05) is 17.0 Å². The molecule has 0 bridgehead atoms. The molecule has 1 rings (SSSR count). The molecule has 0 aliphatic heterocycles. The average Bonchev–Trinajstić information content (AvgIpc) is 2.27. The molecule has 0 saturated carbocycles. The number of halogens is 1. The SMILES string of the molecule is CC(C)(CN)NC(=O)CSc1ccccc1.Cl. The normalized spacial score (nSPS) is 10.5. The van der Waals surface area contributed by atoms with E-state index in [0.717, 1.165) is 4.90 Å². The number of thioether (sulfide) groups is 1. The Bertz CT molecular complexity index is 344. The fourth-order valence-corrected chi connectivity index (χ4v) is 1.85. The summed E-state index contributed by atoms with van der Waals surface area (Å²) in [6, 6.07) is 9.87. The molecule has 3 N–H and O–H groups in total. The van der Waals surface area contributed by atoms with Crippen molar-refractivity contribution in [2.75, 3.05) is 12.3 Å². The molecule has 3 nitrogen and oxygen atoms in total. The molecule has 1 amide bonds. The first-order valence-electron chi connectivity index (χ1n) is 5.22. The van der Waals surface area contributed by atoms with Gasteiger partial charge in [-0.3, -0.25) is 4.79 Å². The highest BCUT2D eigenvalue weighted by Crippen LogP contribution is 2.16. The zero-order valence-electron chi connectivity index (χ0n) is 10.1. The molecule has 0 heterocycles. The maximum absolute atomic E-state index is 11.6. The van der Waals surface area contributed by atoms with Crippen molar-refractivity contribution in [1.82, 2.24) is 5.32 Å². The van der Waals surface area contributed by atoms with E-state index in [1.54, 1.807) is 0 Å². The number of amides is 1. The van der Waals surface area contributed by atoms with Crippen LogP contribution in [-0.4, -0.2) is 23.7 Å². The maximum atomic E-state index is 11.6. The van der Waals surface area contributed by atoms with Crippen molar-refractivity contribution in [1.29, 1.82) is 0 Å². The summed E-state index contributed by atoms with van der Waals surface area (Å²) in [5.74, 6) is 0.442. The van der Waals surface area contributed by atoms with E-state index < -0.39 is 0 Å². The van der Waals surface area contributed by atoms with Gasteiger partial charge in [-0.15, -0.1) is 24.2 Å². The second kappa shape index (κ2) is 7.58. The molecule has 0 radical (unpaired) electrons. The molecular weight excluding hydrogens is 256 g/mol. The van der Waals surface area contributed by atoms with Crippen molar-refractivity contribution in [3.8, 4) is 0 Å².